The van der Waals surface area contributed by atoms with E-state index >= 15 is 0 Å². The number of anilines is 1. The lowest BCUT2D eigenvalue weighted by Gasteiger charge is -2.24. The zero-order chi connectivity index (χ0) is 31.2. The molecule has 2 heterocycles. The molecule has 6 rings (SSSR count). The van der Waals surface area contributed by atoms with Crippen LogP contribution in [0.3, 0.4) is 0 Å². The molecule has 1 unspecified atom stereocenters. The maximum absolute atomic E-state index is 13.7. The summed E-state index contributed by atoms with van der Waals surface area (Å²) in [7, 11) is 0. The van der Waals surface area contributed by atoms with Crippen molar-refractivity contribution in [1.82, 2.24) is 10.2 Å². The number of ether oxygens (including phenoxy) is 1. The molecule has 1 N–H and O–H groups in total. The Balaban J connectivity index is 1.32. The highest BCUT2D eigenvalue weighted by Crippen LogP contribution is 2.44. The fourth-order valence-electron chi connectivity index (χ4n) is 4.82. The zero-order valence-electron chi connectivity index (χ0n) is 23.7. The third-order valence-electron chi connectivity index (χ3n) is 7.03. The highest BCUT2D eigenvalue weighted by Gasteiger charge is 2.45. The molecule has 0 radical (unpaired) electrons. The van der Waals surface area contributed by atoms with Gasteiger partial charge in [0.05, 0.1) is 11.6 Å². The van der Waals surface area contributed by atoms with Crippen LogP contribution >= 0.6 is 34.7 Å². The number of hydrogen-bond acceptors (Lipinski definition) is 8. The summed E-state index contributed by atoms with van der Waals surface area (Å²) in [4.78, 5) is 28.6. The average molecular weight is 652 g/mol. The Labute approximate surface area is 273 Å². The van der Waals surface area contributed by atoms with Gasteiger partial charge in [-0.2, -0.15) is 0 Å². The normalized spacial score (nSPS) is 14.8. The van der Waals surface area contributed by atoms with Gasteiger partial charge >= 0.3 is 0 Å². The van der Waals surface area contributed by atoms with Crippen LogP contribution in [-0.2, 0) is 21.9 Å². The van der Waals surface area contributed by atoms with Crippen molar-refractivity contribution < 1.29 is 19.4 Å². The summed E-state index contributed by atoms with van der Waals surface area (Å²) < 4.78 is 6.67. The van der Waals surface area contributed by atoms with E-state index < -0.39 is 23.5 Å². The van der Waals surface area contributed by atoms with Gasteiger partial charge in [-0.25, -0.2) is 0 Å². The fourth-order valence-corrected chi connectivity index (χ4v) is 6.98. The summed E-state index contributed by atoms with van der Waals surface area (Å²) in [6.45, 7) is 0.340. The van der Waals surface area contributed by atoms with E-state index in [0.717, 1.165) is 16.7 Å². The number of ketones is 1. The lowest BCUT2D eigenvalue weighted by molar-refractivity contribution is -0.117. The van der Waals surface area contributed by atoms with Crippen LogP contribution in [0.5, 0.6) is 5.75 Å². The van der Waals surface area contributed by atoms with E-state index in [-0.39, 0.29) is 10.7 Å². The van der Waals surface area contributed by atoms with Crippen molar-refractivity contribution in [3.05, 3.63) is 154 Å². The summed E-state index contributed by atoms with van der Waals surface area (Å²) in [6, 6.07) is 32.8. The molecule has 1 aliphatic heterocycles. The predicted octanol–water partition coefficient (Wildman–Crippen LogP) is 8.25. The molecule has 224 valence electrons. The van der Waals surface area contributed by atoms with Gasteiger partial charge in [0.1, 0.15) is 12.4 Å². The number of rotatable bonds is 11. The molecule has 45 heavy (non-hydrogen) atoms. The number of carbonyl (C=O) groups excluding carboxylic acids is 2. The van der Waals surface area contributed by atoms with Gasteiger partial charge in [0, 0.05) is 10.8 Å². The Hall–Kier alpha value is -4.70. The van der Waals surface area contributed by atoms with Gasteiger partial charge < -0.3 is 9.84 Å². The molecule has 0 saturated carbocycles. The van der Waals surface area contributed by atoms with Crippen molar-refractivity contribution >= 4 is 57.6 Å². The van der Waals surface area contributed by atoms with Crippen LogP contribution in [0.15, 0.2) is 131 Å². The molecule has 0 bridgehead atoms. The molecule has 0 fully saturated rings. The molecule has 0 aliphatic carbocycles. The first-order valence-electron chi connectivity index (χ1n) is 14.0. The van der Waals surface area contributed by atoms with Crippen molar-refractivity contribution in [2.75, 3.05) is 4.90 Å². The van der Waals surface area contributed by atoms with Gasteiger partial charge in [-0.1, -0.05) is 132 Å². The van der Waals surface area contributed by atoms with Gasteiger partial charge in [0.2, 0.25) is 5.13 Å². The number of nitrogens with zero attached hydrogens (tertiary/aromatic N) is 3. The van der Waals surface area contributed by atoms with E-state index in [4.69, 9.17) is 16.3 Å². The second-order valence-corrected chi connectivity index (χ2v) is 12.6. The number of halogens is 1. The van der Waals surface area contributed by atoms with Crippen LogP contribution in [0.25, 0.3) is 6.08 Å². The highest BCUT2D eigenvalue weighted by atomic mass is 35.5. The van der Waals surface area contributed by atoms with Gasteiger partial charge in [-0.15, -0.1) is 10.2 Å². The number of hydrogen-bond donors (Lipinski definition) is 1. The third-order valence-corrected chi connectivity index (χ3v) is 9.51. The van der Waals surface area contributed by atoms with Crippen LogP contribution in [0.4, 0.5) is 5.13 Å². The minimum absolute atomic E-state index is 0.0483. The first kappa shape index (κ1) is 30.3. The van der Waals surface area contributed by atoms with E-state index in [1.54, 1.807) is 24.3 Å². The number of carbonyl (C=O) groups is 2. The van der Waals surface area contributed by atoms with Crippen LogP contribution < -0.4 is 9.64 Å². The number of benzene rings is 4. The van der Waals surface area contributed by atoms with Gasteiger partial charge in [0.15, 0.2) is 15.9 Å². The molecule has 5 aromatic rings. The molecule has 4 aromatic carbocycles. The SMILES string of the molecule is O=C(C=Cc1ccccc1)C1=C(O)C(=O)N(c2nnc(SCc3ccccc3Cl)s2)C1c1cccc(OCc2ccccc2)c1. The predicted molar refractivity (Wildman–Crippen MR) is 179 cm³/mol. The average Bonchev–Trinajstić information content (AvgIpc) is 3.65. The number of thioether (sulfide) groups is 1. The van der Waals surface area contributed by atoms with Crippen molar-refractivity contribution in [2.24, 2.45) is 0 Å². The maximum atomic E-state index is 13.7. The Morgan fingerprint density at radius 1 is 0.956 bits per heavy atom. The lowest BCUT2D eigenvalue weighted by Crippen LogP contribution is -2.30. The summed E-state index contributed by atoms with van der Waals surface area (Å²) in [6.07, 6.45) is 3.02. The molecule has 1 aliphatic rings. The van der Waals surface area contributed by atoms with Gasteiger partial charge in [-0.3, -0.25) is 14.5 Å². The maximum Gasteiger partial charge on any atom is 0.296 e. The summed E-state index contributed by atoms with van der Waals surface area (Å²) in [5.41, 5.74) is 3.28. The minimum Gasteiger partial charge on any atom is -0.503 e. The van der Waals surface area contributed by atoms with E-state index in [1.165, 1.54) is 34.1 Å². The molecule has 1 aromatic heterocycles. The summed E-state index contributed by atoms with van der Waals surface area (Å²) >= 11 is 8.96. The molecule has 10 heteroatoms. The quantitative estimate of drug-likeness (QED) is 0.0873. The van der Waals surface area contributed by atoms with Crippen molar-refractivity contribution in [3.63, 3.8) is 0 Å². The molecular formula is C35H26ClN3O4S2. The number of aliphatic hydroxyl groups is 1. The second kappa shape index (κ2) is 13.9. The third kappa shape index (κ3) is 7.01. The molecule has 7 nitrogen and oxygen atoms in total. The monoisotopic (exact) mass is 651 g/mol. The van der Waals surface area contributed by atoms with Crippen LogP contribution in [0, 0.1) is 0 Å². The van der Waals surface area contributed by atoms with Crippen LogP contribution in [-0.4, -0.2) is 27.0 Å². The molecule has 0 spiro atoms. The fraction of sp³-hybridized carbons (Fsp3) is 0.0857. The first-order valence-corrected chi connectivity index (χ1v) is 16.2. The Morgan fingerprint density at radius 3 is 2.47 bits per heavy atom. The van der Waals surface area contributed by atoms with Crippen LogP contribution in [0.2, 0.25) is 5.02 Å². The number of aromatic nitrogens is 2. The largest absolute Gasteiger partial charge is 0.503 e. The second-order valence-electron chi connectivity index (χ2n) is 10.0. The molecule has 1 atom stereocenters. The standard InChI is InChI=1S/C35H26ClN3O4S2/c36-28-17-8-7-14-26(28)22-44-35-38-37-34(45-35)39-31(25-15-9-16-27(20-25)43-21-24-12-5-2-6-13-24)30(32(41)33(39)42)29(40)19-18-23-10-3-1-4-11-23/h1-20,31,41H,21-22H2. The van der Waals surface area contributed by atoms with E-state index in [1.807, 2.05) is 91.0 Å². The van der Waals surface area contributed by atoms with Crippen molar-refractivity contribution in [1.29, 1.82) is 0 Å². The highest BCUT2D eigenvalue weighted by molar-refractivity contribution is 8.00. The lowest BCUT2D eigenvalue weighted by atomic mass is 9.95. The molecular weight excluding hydrogens is 626 g/mol. The van der Waals surface area contributed by atoms with Crippen molar-refractivity contribution in [2.45, 2.75) is 22.7 Å². The number of aliphatic hydroxyl groups excluding tert-OH is 1. The number of allylic oxidation sites excluding steroid dienone is 1. The first-order chi connectivity index (χ1) is 22.0. The van der Waals surface area contributed by atoms with E-state index in [9.17, 15) is 14.7 Å². The minimum atomic E-state index is -0.958. The molecule has 1 amide bonds. The number of amides is 1. The summed E-state index contributed by atoms with van der Waals surface area (Å²) in [5.74, 6) is -0.741. The molecule has 0 saturated heterocycles. The van der Waals surface area contributed by atoms with E-state index in [2.05, 4.69) is 10.2 Å². The van der Waals surface area contributed by atoms with E-state index in [0.29, 0.717) is 33.0 Å². The summed E-state index contributed by atoms with van der Waals surface area (Å²) in [5, 5.41) is 20.6. The Morgan fingerprint density at radius 2 is 1.69 bits per heavy atom. The Kier molecular flexibility index (Phi) is 9.40. The van der Waals surface area contributed by atoms with Crippen LogP contribution in [0.1, 0.15) is 28.3 Å². The Bertz CT molecular complexity index is 1890. The topological polar surface area (TPSA) is 92.6 Å². The van der Waals surface area contributed by atoms with Crippen molar-refractivity contribution in [3.8, 4) is 5.75 Å². The smallest absolute Gasteiger partial charge is 0.296 e. The van der Waals surface area contributed by atoms with Gasteiger partial charge in [-0.05, 0) is 46.5 Å². The zero-order valence-corrected chi connectivity index (χ0v) is 26.1. The van der Waals surface area contributed by atoms with Gasteiger partial charge in [0.25, 0.3) is 5.91 Å².